The lowest BCUT2D eigenvalue weighted by molar-refractivity contribution is -0.137. The molecule has 0 radical (unpaired) electrons. The van der Waals surface area contributed by atoms with E-state index in [0.29, 0.717) is 12.2 Å². The van der Waals surface area contributed by atoms with Gasteiger partial charge in [0.1, 0.15) is 10.8 Å². The van der Waals surface area contributed by atoms with Gasteiger partial charge in [-0.1, -0.05) is 6.92 Å². The first kappa shape index (κ1) is 15.9. The van der Waals surface area contributed by atoms with E-state index in [4.69, 9.17) is 0 Å². The largest absolute Gasteiger partial charge is 0.417 e. The monoisotopic (exact) mass is 318 g/mol. The summed E-state index contributed by atoms with van der Waals surface area (Å²) < 4.78 is 52.2. The van der Waals surface area contributed by atoms with E-state index in [2.05, 4.69) is 10.3 Å². The molecule has 1 aromatic carbocycles. The highest BCUT2D eigenvalue weighted by atomic mass is 32.1. The van der Waals surface area contributed by atoms with E-state index < -0.39 is 17.6 Å². The van der Waals surface area contributed by atoms with E-state index in [9.17, 15) is 17.6 Å². The molecule has 2 aromatic rings. The average Bonchev–Trinajstić information content (AvgIpc) is 2.86. The number of nitrogens with one attached hydrogen (secondary N) is 1. The second-order valence-electron chi connectivity index (χ2n) is 4.51. The number of hydrogen-bond donors (Lipinski definition) is 1. The maximum absolute atomic E-state index is 13.3. The first-order chi connectivity index (χ1) is 9.91. The van der Waals surface area contributed by atoms with Gasteiger partial charge in [0.05, 0.1) is 11.3 Å². The van der Waals surface area contributed by atoms with Crippen LogP contribution < -0.4 is 5.32 Å². The third-order valence-corrected chi connectivity index (χ3v) is 3.73. The fraction of sp³-hybridized carbons (Fsp3) is 0.357. The zero-order chi connectivity index (χ0) is 15.5. The van der Waals surface area contributed by atoms with Crippen LogP contribution in [0.25, 0.3) is 10.6 Å². The van der Waals surface area contributed by atoms with Gasteiger partial charge in [-0.25, -0.2) is 9.37 Å². The maximum atomic E-state index is 13.3. The number of hydrogen-bond acceptors (Lipinski definition) is 3. The number of alkyl halides is 3. The van der Waals surface area contributed by atoms with Crippen LogP contribution in [0.4, 0.5) is 17.6 Å². The van der Waals surface area contributed by atoms with E-state index in [1.165, 1.54) is 0 Å². The molecule has 2 rings (SSSR count). The van der Waals surface area contributed by atoms with Crippen molar-refractivity contribution in [2.75, 3.05) is 6.54 Å². The second-order valence-corrected chi connectivity index (χ2v) is 5.37. The Hall–Kier alpha value is -1.47. The minimum atomic E-state index is -4.53. The first-order valence-corrected chi connectivity index (χ1v) is 7.32. The number of halogens is 4. The van der Waals surface area contributed by atoms with Crippen molar-refractivity contribution in [3.63, 3.8) is 0 Å². The topological polar surface area (TPSA) is 24.9 Å². The molecule has 114 valence electrons. The second kappa shape index (κ2) is 6.53. The quantitative estimate of drug-likeness (QED) is 0.650. The molecule has 0 saturated heterocycles. The zero-order valence-electron chi connectivity index (χ0n) is 11.3. The smallest absolute Gasteiger partial charge is 0.311 e. The molecule has 0 amide bonds. The Balaban J connectivity index is 2.31. The normalized spacial score (nSPS) is 11.9. The van der Waals surface area contributed by atoms with Crippen LogP contribution in [0.2, 0.25) is 0 Å². The molecule has 0 aliphatic rings. The molecule has 0 aliphatic heterocycles. The number of aromatic nitrogens is 1. The highest BCUT2D eigenvalue weighted by Crippen LogP contribution is 2.38. The average molecular weight is 318 g/mol. The van der Waals surface area contributed by atoms with Crippen LogP contribution in [0.15, 0.2) is 23.6 Å². The Morgan fingerprint density at radius 1 is 1.29 bits per heavy atom. The molecular weight excluding hydrogens is 304 g/mol. The Labute approximate surface area is 123 Å². The van der Waals surface area contributed by atoms with Gasteiger partial charge in [0.2, 0.25) is 0 Å². The van der Waals surface area contributed by atoms with Crippen molar-refractivity contribution in [2.45, 2.75) is 26.1 Å². The summed E-state index contributed by atoms with van der Waals surface area (Å²) in [7, 11) is 0. The van der Waals surface area contributed by atoms with Crippen LogP contribution >= 0.6 is 11.3 Å². The van der Waals surface area contributed by atoms with Crippen molar-refractivity contribution in [3.05, 3.63) is 40.7 Å². The van der Waals surface area contributed by atoms with Crippen LogP contribution in [0.3, 0.4) is 0 Å². The lowest BCUT2D eigenvalue weighted by atomic mass is 10.1. The van der Waals surface area contributed by atoms with Gasteiger partial charge in [0.25, 0.3) is 0 Å². The molecule has 0 fully saturated rings. The zero-order valence-corrected chi connectivity index (χ0v) is 12.1. The van der Waals surface area contributed by atoms with Crippen molar-refractivity contribution < 1.29 is 17.6 Å². The third kappa shape index (κ3) is 4.01. The molecule has 0 saturated carbocycles. The van der Waals surface area contributed by atoms with Gasteiger partial charge in [-0.2, -0.15) is 13.2 Å². The number of thiazole rings is 1. The minimum absolute atomic E-state index is 0.176. The molecule has 21 heavy (non-hydrogen) atoms. The van der Waals surface area contributed by atoms with Crippen molar-refractivity contribution >= 4 is 11.3 Å². The van der Waals surface area contributed by atoms with Gasteiger partial charge >= 0.3 is 6.18 Å². The Morgan fingerprint density at radius 3 is 2.71 bits per heavy atom. The molecule has 0 aliphatic carbocycles. The van der Waals surface area contributed by atoms with E-state index in [-0.39, 0.29) is 10.6 Å². The fourth-order valence-corrected chi connectivity index (χ4v) is 2.70. The first-order valence-electron chi connectivity index (χ1n) is 6.44. The van der Waals surface area contributed by atoms with Crippen molar-refractivity contribution in [1.82, 2.24) is 10.3 Å². The lowest BCUT2D eigenvalue weighted by Gasteiger charge is -2.11. The van der Waals surface area contributed by atoms with E-state index in [1.54, 1.807) is 5.38 Å². The fourth-order valence-electron chi connectivity index (χ4n) is 1.85. The Kier molecular flexibility index (Phi) is 4.95. The molecule has 0 unspecified atom stereocenters. The van der Waals surface area contributed by atoms with Gasteiger partial charge in [0, 0.05) is 17.5 Å². The molecular formula is C14H14F4N2S. The molecule has 1 aromatic heterocycles. The van der Waals surface area contributed by atoms with E-state index in [1.807, 2.05) is 6.92 Å². The van der Waals surface area contributed by atoms with Crippen molar-refractivity contribution in [2.24, 2.45) is 0 Å². The molecule has 7 heteroatoms. The van der Waals surface area contributed by atoms with Crippen LogP contribution in [0.5, 0.6) is 0 Å². The van der Waals surface area contributed by atoms with Crippen molar-refractivity contribution in [1.29, 1.82) is 0 Å². The van der Waals surface area contributed by atoms with Gasteiger partial charge in [-0.05, 0) is 31.2 Å². The molecule has 1 heterocycles. The summed E-state index contributed by atoms with van der Waals surface area (Å²) in [4.78, 5) is 4.16. The third-order valence-electron chi connectivity index (χ3n) is 2.80. The van der Waals surface area contributed by atoms with Gasteiger partial charge in [-0.3, -0.25) is 0 Å². The predicted molar refractivity (Wildman–Crippen MR) is 74.5 cm³/mol. The molecule has 0 spiro atoms. The summed E-state index contributed by atoms with van der Waals surface area (Å²) in [5.41, 5.74) is -0.429. The lowest BCUT2D eigenvalue weighted by Crippen LogP contribution is -2.14. The van der Waals surface area contributed by atoms with Gasteiger partial charge < -0.3 is 5.32 Å². The summed E-state index contributed by atoms with van der Waals surface area (Å²) in [6.45, 7) is 3.31. The highest BCUT2D eigenvalue weighted by Gasteiger charge is 2.34. The standard InChI is InChI=1S/C14H14F4N2S/c1-2-5-19-7-10-8-21-13(20-10)11-6-9(15)3-4-12(11)14(16,17)18/h3-4,6,8,19H,2,5,7H2,1H3. The highest BCUT2D eigenvalue weighted by molar-refractivity contribution is 7.13. The van der Waals surface area contributed by atoms with E-state index >= 15 is 0 Å². The van der Waals surface area contributed by atoms with E-state index in [0.717, 1.165) is 42.5 Å². The van der Waals surface area contributed by atoms with Crippen molar-refractivity contribution in [3.8, 4) is 10.6 Å². The molecule has 0 atom stereocenters. The molecule has 0 bridgehead atoms. The summed E-state index contributed by atoms with van der Waals surface area (Å²) in [5.74, 6) is -0.709. The SMILES string of the molecule is CCCNCc1csc(-c2cc(F)ccc2C(F)(F)F)n1. The maximum Gasteiger partial charge on any atom is 0.417 e. The molecule has 2 nitrogen and oxygen atoms in total. The summed E-state index contributed by atoms with van der Waals surface area (Å²) in [5, 5.41) is 4.98. The Bertz CT molecular complexity index is 607. The van der Waals surface area contributed by atoms with Crippen LogP contribution in [-0.2, 0) is 12.7 Å². The van der Waals surface area contributed by atoms with Gasteiger partial charge in [-0.15, -0.1) is 11.3 Å². The number of benzene rings is 1. The summed E-state index contributed by atoms with van der Waals surface area (Å²) in [6, 6.07) is 2.44. The van der Waals surface area contributed by atoms with Gasteiger partial charge in [0.15, 0.2) is 0 Å². The number of rotatable bonds is 5. The summed E-state index contributed by atoms with van der Waals surface area (Å²) in [6.07, 6.45) is -3.57. The Morgan fingerprint density at radius 2 is 2.05 bits per heavy atom. The van der Waals surface area contributed by atoms with Crippen LogP contribution in [0, 0.1) is 5.82 Å². The summed E-state index contributed by atoms with van der Waals surface area (Å²) >= 11 is 1.08. The van der Waals surface area contributed by atoms with Crippen LogP contribution in [-0.4, -0.2) is 11.5 Å². The number of nitrogens with zero attached hydrogens (tertiary/aromatic N) is 1. The van der Waals surface area contributed by atoms with Crippen LogP contribution in [0.1, 0.15) is 24.6 Å². The predicted octanol–water partition coefficient (Wildman–Crippen LogP) is 4.47. The molecule has 1 N–H and O–H groups in total. The minimum Gasteiger partial charge on any atom is -0.311 e.